The molecular weight excluding hydrogens is 152 g/mol. The second-order valence-electron chi connectivity index (χ2n) is 2.25. The van der Waals surface area contributed by atoms with E-state index in [1.807, 2.05) is 0 Å². The average Bonchev–Trinajstić information content (AvgIpc) is 2.15. The van der Waals surface area contributed by atoms with Crippen molar-refractivity contribution in [1.29, 1.82) is 0 Å². The van der Waals surface area contributed by atoms with Crippen molar-refractivity contribution in [3.63, 3.8) is 0 Å². The molecular formula is C9H10N2O. The highest BCUT2D eigenvalue weighted by Gasteiger charge is 2.06. The van der Waals surface area contributed by atoms with Crippen LogP contribution in [-0.4, -0.2) is 15.1 Å². The van der Waals surface area contributed by atoms with E-state index in [9.17, 15) is 5.11 Å². The molecule has 3 nitrogen and oxygen atoms in total. The molecule has 0 amide bonds. The van der Waals surface area contributed by atoms with Crippen LogP contribution in [0.5, 0.6) is 0 Å². The normalized spacial score (nSPS) is 11.5. The fraction of sp³-hybridized carbons (Fsp3) is 0.333. The Hall–Kier alpha value is -1.40. The highest BCUT2D eigenvalue weighted by atomic mass is 16.3. The highest BCUT2D eigenvalue weighted by Crippen LogP contribution is 2.08. The van der Waals surface area contributed by atoms with E-state index >= 15 is 0 Å². The minimum absolute atomic E-state index is 0.389. The van der Waals surface area contributed by atoms with Gasteiger partial charge in [-0.25, -0.2) is 9.97 Å². The van der Waals surface area contributed by atoms with Crippen molar-refractivity contribution >= 4 is 0 Å². The van der Waals surface area contributed by atoms with Gasteiger partial charge in [0.15, 0.2) is 5.82 Å². The SMILES string of the molecule is CC#CCC(O)c1ncccn1. The minimum Gasteiger partial charge on any atom is -0.384 e. The Balaban J connectivity index is 2.63. The fourth-order valence-corrected chi connectivity index (χ4v) is 0.773. The molecule has 1 rings (SSSR count). The third-order valence-electron chi connectivity index (χ3n) is 1.36. The summed E-state index contributed by atoms with van der Waals surface area (Å²) in [5, 5.41) is 9.42. The topological polar surface area (TPSA) is 46.0 Å². The third kappa shape index (κ3) is 2.33. The van der Waals surface area contributed by atoms with Gasteiger partial charge in [-0.05, 0) is 13.0 Å². The van der Waals surface area contributed by atoms with Gasteiger partial charge < -0.3 is 5.11 Å². The molecule has 0 fully saturated rings. The molecule has 62 valence electrons. The summed E-state index contributed by atoms with van der Waals surface area (Å²) in [6.45, 7) is 1.73. The summed E-state index contributed by atoms with van der Waals surface area (Å²) in [7, 11) is 0. The summed E-state index contributed by atoms with van der Waals surface area (Å²) in [6.07, 6.45) is 2.93. The van der Waals surface area contributed by atoms with Crippen molar-refractivity contribution in [3.8, 4) is 11.8 Å². The van der Waals surface area contributed by atoms with Crippen LogP contribution in [0.15, 0.2) is 18.5 Å². The summed E-state index contributed by atoms with van der Waals surface area (Å²) >= 11 is 0. The van der Waals surface area contributed by atoms with Crippen LogP contribution in [0.25, 0.3) is 0 Å². The number of hydrogen-bond acceptors (Lipinski definition) is 3. The van der Waals surface area contributed by atoms with Gasteiger partial charge in [0, 0.05) is 18.8 Å². The number of nitrogens with zero attached hydrogens (tertiary/aromatic N) is 2. The van der Waals surface area contributed by atoms with Gasteiger partial charge in [-0.2, -0.15) is 0 Å². The Kier molecular flexibility index (Phi) is 3.24. The van der Waals surface area contributed by atoms with Gasteiger partial charge in [0.05, 0.1) is 0 Å². The summed E-state index contributed by atoms with van der Waals surface area (Å²) < 4.78 is 0. The molecule has 0 radical (unpaired) electrons. The zero-order chi connectivity index (χ0) is 8.81. The summed E-state index contributed by atoms with van der Waals surface area (Å²) in [6, 6.07) is 1.71. The first kappa shape index (κ1) is 8.69. The van der Waals surface area contributed by atoms with Gasteiger partial charge >= 0.3 is 0 Å². The standard InChI is InChI=1S/C9H10N2O/c1-2-3-5-8(12)9-10-6-4-7-11-9/h4,6-8,12H,5H2,1H3. The molecule has 0 aliphatic heterocycles. The monoisotopic (exact) mass is 162 g/mol. The van der Waals surface area contributed by atoms with Crippen molar-refractivity contribution < 1.29 is 5.11 Å². The van der Waals surface area contributed by atoms with Crippen molar-refractivity contribution in [3.05, 3.63) is 24.3 Å². The van der Waals surface area contributed by atoms with Crippen LogP contribution in [-0.2, 0) is 0 Å². The number of aliphatic hydroxyl groups is 1. The Bertz CT molecular complexity index is 286. The molecule has 3 heteroatoms. The number of aromatic nitrogens is 2. The Morgan fingerprint density at radius 1 is 1.50 bits per heavy atom. The first-order valence-corrected chi connectivity index (χ1v) is 3.69. The Labute approximate surface area is 71.5 Å². The van der Waals surface area contributed by atoms with Crippen LogP contribution >= 0.6 is 0 Å². The lowest BCUT2D eigenvalue weighted by Gasteiger charge is -2.02. The molecule has 0 aromatic carbocycles. The van der Waals surface area contributed by atoms with E-state index in [-0.39, 0.29) is 0 Å². The molecule has 1 aromatic heterocycles. The molecule has 0 saturated carbocycles. The molecule has 12 heavy (non-hydrogen) atoms. The lowest BCUT2D eigenvalue weighted by molar-refractivity contribution is 0.173. The van der Waals surface area contributed by atoms with Crippen molar-refractivity contribution in [1.82, 2.24) is 9.97 Å². The zero-order valence-corrected chi connectivity index (χ0v) is 6.86. The van der Waals surface area contributed by atoms with Crippen molar-refractivity contribution in [2.75, 3.05) is 0 Å². The highest BCUT2D eigenvalue weighted by molar-refractivity contribution is 5.02. The van der Waals surface area contributed by atoms with Gasteiger partial charge in [-0.15, -0.1) is 11.8 Å². The molecule has 0 aliphatic carbocycles. The van der Waals surface area contributed by atoms with Gasteiger partial charge in [-0.1, -0.05) is 0 Å². The Morgan fingerprint density at radius 2 is 2.17 bits per heavy atom. The summed E-state index contributed by atoms with van der Waals surface area (Å²) in [5.41, 5.74) is 0. The second kappa shape index (κ2) is 4.47. The van der Waals surface area contributed by atoms with E-state index in [1.54, 1.807) is 25.4 Å². The quantitative estimate of drug-likeness (QED) is 0.658. The zero-order valence-electron chi connectivity index (χ0n) is 6.86. The van der Waals surface area contributed by atoms with E-state index < -0.39 is 6.10 Å². The fourth-order valence-electron chi connectivity index (χ4n) is 0.773. The largest absolute Gasteiger partial charge is 0.384 e. The molecule has 0 saturated heterocycles. The molecule has 1 unspecified atom stereocenters. The summed E-state index contributed by atoms with van der Waals surface area (Å²) in [5.74, 6) is 5.90. The first-order valence-electron chi connectivity index (χ1n) is 3.69. The Morgan fingerprint density at radius 3 is 2.75 bits per heavy atom. The second-order valence-corrected chi connectivity index (χ2v) is 2.25. The average molecular weight is 162 g/mol. The van der Waals surface area contributed by atoms with E-state index in [1.165, 1.54) is 0 Å². The maximum absolute atomic E-state index is 9.42. The van der Waals surface area contributed by atoms with E-state index in [0.717, 1.165) is 0 Å². The van der Waals surface area contributed by atoms with Crippen LogP contribution in [0.1, 0.15) is 25.3 Å². The molecule has 0 aliphatic rings. The number of hydrogen-bond donors (Lipinski definition) is 1. The van der Waals surface area contributed by atoms with Crippen LogP contribution < -0.4 is 0 Å². The van der Waals surface area contributed by atoms with E-state index in [0.29, 0.717) is 12.2 Å². The van der Waals surface area contributed by atoms with Crippen LogP contribution in [0.2, 0.25) is 0 Å². The third-order valence-corrected chi connectivity index (χ3v) is 1.36. The first-order chi connectivity index (χ1) is 5.84. The number of rotatable bonds is 2. The van der Waals surface area contributed by atoms with E-state index in [4.69, 9.17) is 0 Å². The molecule has 1 atom stereocenters. The van der Waals surface area contributed by atoms with Gasteiger partial charge in [0.1, 0.15) is 6.10 Å². The predicted octanol–water partition coefficient (Wildman–Crippen LogP) is 0.923. The molecule has 1 aromatic rings. The predicted molar refractivity (Wildman–Crippen MR) is 45.1 cm³/mol. The minimum atomic E-state index is -0.668. The van der Waals surface area contributed by atoms with Gasteiger partial charge in [0.25, 0.3) is 0 Å². The van der Waals surface area contributed by atoms with Crippen LogP contribution in [0.3, 0.4) is 0 Å². The van der Waals surface area contributed by atoms with Crippen molar-refractivity contribution in [2.45, 2.75) is 19.4 Å². The molecule has 1 N–H and O–H groups in total. The lowest BCUT2D eigenvalue weighted by atomic mass is 10.2. The molecule has 0 spiro atoms. The summed E-state index contributed by atoms with van der Waals surface area (Å²) in [4.78, 5) is 7.81. The van der Waals surface area contributed by atoms with Crippen LogP contribution in [0.4, 0.5) is 0 Å². The van der Waals surface area contributed by atoms with Gasteiger partial charge in [0.2, 0.25) is 0 Å². The molecule has 0 bridgehead atoms. The van der Waals surface area contributed by atoms with E-state index in [2.05, 4.69) is 21.8 Å². The molecule has 1 heterocycles. The maximum Gasteiger partial charge on any atom is 0.157 e. The van der Waals surface area contributed by atoms with Crippen LogP contribution in [0, 0.1) is 11.8 Å². The smallest absolute Gasteiger partial charge is 0.157 e. The lowest BCUT2D eigenvalue weighted by Crippen LogP contribution is -2.01. The maximum atomic E-state index is 9.42. The number of aliphatic hydroxyl groups excluding tert-OH is 1. The van der Waals surface area contributed by atoms with Crippen molar-refractivity contribution in [2.24, 2.45) is 0 Å². The van der Waals surface area contributed by atoms with Gasteiger partial charge in [-0.3, -0.25) is 0 Å².